The molecule has 0 aliphatic carbocycles. The first kappa shape index (κ1) is 15.0. The van der Waals surface area contributed by atoms with E-state index in [0.717, 1.165) is 5.56 Å². The monoisotopic (exact) mass is 310 g/mol. The van der Waals surface area contributed by atoms with Crippen molar-refractivity contribution in [1.82, 2.24) is 4.98 Å². The largest absolute Gasteiger partial charge is 0.441 e. The molecule has 0 saturated heterocycles. The summed E-state index contributed by atoms with van der Waals surface area (Å²) in [7, 11) is 0. The van der Waals surface area contributed by atoms with Crippen LogP contribution in [0.5, 0.6) is 0 Å². The molecule has 2 aromatic carbocycles. The summed E-state index contributed by atoms with van der Waals surface area (Å²) in [5, 5.41) is 2.63. The predicted molar refractivity (Wildman–Crippen MR) is 85.8 cm³/mol. The highest BCUT2D eigenvalue weighted by Crippen LogP contribution is 2.22. The summed E-state index contributed by atoms with van der Waals surface area (Å²) in [5.74, 6) is -0.0152. The van der Waals surface area contributed by atoms with Crippen LogP contribution in [0.15, 0.2) is 52.9 Å². The van der Waals surface area contributed by atoms with E-state index in [1.54, 1.807) is 26.0 Å². The number of amides is 1. The van der Waals surface area contributed by atoms with Crippen LogP contribution in [0.3, 0.4) is 0 Å². The van der Waals surface area contributed by atoms with Gasteiger partial charge in [0.1, 0.15) is 11.6 Å². The number of anilines is 1. The molecule has 0 aliphatic heterocycles. The number of halogens is 1. The maximum absolute atomic E-state index is 13.6. The van der Waals surface area contributed by atoms with Gasteiger partial charge in [0, 0.05) is 11.3 Å². The van der Waals surface area contributed by atoms with Gasteiger partial charge in [0.05, 0.1) is 0 Å². The average Bonchev–Trinajstić information content (AvgIpc) is 2.94. The van der Waals surface area contributed by atoms with Crippen LogP contribution in [0.25, 0.3) is 11.5 Å². The Labute approximate surface area is 133 Å². The van der Waals surface area contributed by atoms with Crippen molar-refractivity contribution < 1.29 is 13.6 Å². The number of nitrogens with zero attached hydrogens (tertiary/aromatic N) is 1. The third-order valence-corrected chi connectivity index (χ3v) is 3.46. The molecule has 4 nitrogen and oxygen atoms in total. The normalized spacial score (nSPS) is 10.6. The van der Waals surface area contributed by atoms with Crippen LogP contribution >= 0.6 is 0 Å². The minimum absolute atomic E-state index is 0.185. The highest BCUT2D eigenvalue weighted by Gasteiger charge is 2.18. The lowest BCUT2D eigenvalue weighted by molar-refractivity contribution is 0.102. The van der Waals surface area contributed by atoms with Gasteiger partial charge in [-0.15, -0.1) is 0 Å². The fourth-order valence-electron chi connectivity index (χ4n) is 2.17. The van der Waals surface area contributed by atoms with Gasteiger partial charge >= 0.3 is 0 Å². The van der Waals surface area contributed by atoms with E-state index >= 15 is 0 Å². The van der Waals surface area contributed by atoms with Crippen LogP contribution in [-0.4, -0.2) is 10.9 Å². The Balaban J connectivity index is 1.85. The molecule has 1 aromatic heterocycles. The molecule has 0 bridgehead atoms. The number of aromatic nitrogens is 1. The van der Waals surface area contributed by atoms with Crippen LogP contribution in [-0.2, 0) is 0 Å². The van der Waals surface area contributed by atoms with Crippen molar-refractivity contribution in [3.05, 3.63) is 71.4 Å². The maximum atomic E-state index is 13.6. The lowest BCUT2D eigenvalue weighted by Gasteiger charge is -2.04. The first-order valence-electron chi connectivity index (χ1n) is 7.15. The summed E-state index contributed by atoms with van der Waals surface area (Å²) in [5.41, 5.74) is 1.87. The lowest BCUT2D eigenvalue weighted by atomic mass is 10.2. The molecule has 1 heterocycles. The summed E-state index contributed by atoms with van der Waals surface area (Å²) in [6, 6.07) is 13.8. The quantitative estimate of drug-likeness (QED) is 0.782. The fourth-order valence-corrected chi connectivity index (χ4v) is 2.17. The number of rotatable bonds is 3. The van der Waals surface area contributed by atoms with E-state index < -0.39 is 5.91 Å². The summed E-state index contributed by atoms with van der Waals surface area (Å²) < 4.78 is 19.1. The van der Waals surface area contributed by atoms with E-state index in [2.05, 4.69) is 10.3 Å². The van der Waals surface area contributed by atoms with Crippen LogP contribution in [0.2, 0.25) is 0 Å². The second-order valence-electron chi connectivity index (χ2n) is 5.21. The summed E-state index contributed by atoms with van der Waals surface area (Å²) in [6.45, 7) is 3.33. The molecule has 1 amide bonds. The van der Waals surface area contributed by atoms with Crippen molar-refractivity contribution in [2.45, 2.75) is 13.8 Å². The van der Waals surface area contributed by atoms with Gasteiger partial charge in [-0.2, -0.15) is 0 Å². The minimum atomic E-state index is -0.434. The zero-order valence-electron chi connectivity index (χ0n) is 12.8. The summed E-state index contributed by atoms with van der Waals surface area (Å²) in [6.07, 6.45) is 0. The van der Waals surface area contributed by atoms with Gasteiger partial charge in [0.25, 0.3) is 5.91 Å². The van der Waals surface area contributed by atoms with E-state index in [4.69, 9.17) is 4.42 Å². The molecule has 0 radical (unpaired) electrons. The first-order valence-corrected chi connectivity index (χ1v) is 7.15. The van der Waals surface area contributed by atoms with Gasteiger partial charge < -0.3 is 9.73 Å². The number of oxazole rings is 1. The number of hydrogen-bond donors (Lipinski definition) is 1. The highest BCUT2D eigenvalue weighted by atomic mass is 19.1. The van der Waals surface area contributed by atoms with Crippen molar-refractivity contribution in [3.8, 4) is 11.5 Å². The van der Waals surface area contributed by atoms with Crippen molar-refractivity contribution >= 4 is 11.6 Å². The Hall–Kier alpha value is -2.95. The molecule has 3 aromatic rings. The smallest absolute Gasteiger partial charge is 0.277 e. The number of aryl methyl sites for hydroxylation is 2. The standard InChI is InChI=1S/C18H15FN2O2/c1-11-8-9-14(10-15(11)19)20-17(22)16-12(2)23-18(21-16)13-6-4-3-5-7-13/h3-10H,1-2H3,(H,20,22). The van der Waals surface area contributed by atoms with E-state index in [1.165, 1.54) is 6.07 Å². The molecule has 5 heteroatoms. The summed E-state index contributed by atoms with van der Waals surface area (Å²) in [4.78, 5) is 16.6. The van der Waals surface area contributed by atoms with Gasteiger partial charge in [-0.25, -0.2) is 9.37 Å². The zero-order chi connectivity index (χ0) is 16.4. The van der Waals surface area contributed by atoms with Crippen molar-refractivity contribution in [2.24, 2.45) is 0 Å². The molecule has 0 unspecified atom stereocenters. The Morgan fingerprint density at radius 1 is 1.13 bits per heavy atom. The molecule has 0 spiro atoms. The van der Waals surface area contributed by atoms with Crippen molar-refractivity contribution in [3.63, 3.8) is 0 Å². The van der Waals surface area contributed by atoms with Crippen molar-refractivity contribution in [1.29, 1.82) is 0 Å². The maximum Gasteiger partial charge on any atom is 0.277 e. The van der Waals surface area contributed by atoms with E-state index in [-0.39, 0.29) is 11.5 Å². The Bertz CT molecular complexity index is 857. The van der Waals surface area contributed by atoms with Gasteiger partial charge in [0.15, 0.2) is 5.69 Å². The Kier molecular flexibility index (Phi) is 3.93. The topological polar surface area (TPSA) is 55.1 Å². The molecule has 3 rings (SSSR count). The SMILES string of the molecule is Cc1ccc(NC(=O)c2nc(-c3ccccc3)oc2C)cc1F. The number of hydrogen-bond acceptors (Lipinski definition) is 3. The van der Waals surface area contributed by atoms with Gasteiger partial charge in [-0.3, -0.25) is 4.79 Å². The molecule has 0 aliphatic rings. The molecular weight excluding hydrogens is 295 g/mol. The predicted octanol–water partition coefficient (Wildman–Crippen LogP) is 4.35. The second-order valence-corrected chi connectivity index (χ2v) is 5.21. The van der Waals surface area contributed by atoms with E-state index in [9.17, 15) is 9.18 Å². The molecule has 116 valence electrons. The van der Waals surface area contributed by atoms with E-state index in [0.29, 0.717) is 22.9 Å². The molecular formula is C18H15FN2O2. The van der Waals surface area contributed by atoms with E-state index in [1.807, 2.05) is 30.3 Å². The molecule has 0 fully saturated rings. The Morgan fingerprint density at radius 2 is 1.87 bits per heavy atom. The number of benzene rings is 2. The molecule has 1 N–H and O–H groups in total. The second kappa shape index (κ2) is 6.04. The van der Waals surface area contributed by atoms with Crippen LogP contribution in [0, 0.1) is 19.7 Å². The highest BCUT2D eigenvalue weighted by molar-refractivity contribution is 6.03. The fraction of sp³-hybridized carbons (Fsp3) is 0.111. The lowest BCUT2D eigenvalue weighted by Crippen LogP contribution is -2.13. The number of nitrogens with one attached hydrogen (secondary N) is 1. The summed E-state index contributed by atoms with van der Waals surface area (Å²) >= 11 is 0. The van der Waals surface area contributed by atoms with Gasteiger partial charge in [0.2, 0.25) is 5.89 Å². The molecule has 0 saturated carbocycles. The van der Waals surface area contributed by atoms with Gasteiger partial charge in [-0.05, 0) is 43.7 Å². The van der Waals surface area contributed by atoms with Crippen molar-refractivity contribution in [2.75, 3.05) is 5.32 Å². The Morgan fingerprint density at radius 3 is 2.57 bits per heavy atom. The number of carbonyl (C=O) groups is 1. The first-order chi connectivity index (χ1) is 11.0. The zero-order valence-corrected chi connectivity index (χ0v) is 12.8. The number of carbonyl (C=O) groups excluding carboxylic acids is 1. The average molecular weight is 310 g/mol. The molecule has 0 atom stereocenters. The van der Waals surface area contributed by atoms with Crippen LogP contribution in [0.4, 0.5) is 10.1 Å². The molecule has 23 heavy (non-hydrogen) atoms. The van der Waals surface area contributed by atoms with Crippen LogP contribution in [0.1, 0.15) is 21.8 Å². The third-order valence-electron chi connectivity index (χ3n) is 3.46. The minimum Gasteiger partial charge on any atom is -0.441 e. The van der Waals surface area contributed by atoms with Crippen LogP contribution < -0.4 is 5.32 Å². The third kappa shape index (κ3) is 3.13. The van der Waals surface area contributed by atoms with Gasteiger partial charge in [-0.1, -0.05) is 24.3 Å².